The maximum Gasteiger partial charge on any atom is 0.0857 e. The second-order valence-electron chi connectivity index (χ2n) is 7.72. The van der Waals surface area contributed by atoms with Gasteiger partial charge in [-0.3, -0.25) is 15.0 Å². The molecule has 0 aliphatic heterocycles. The molecule has 0 unspecified atom stereocenters. The zero-order valence-electron chi connectivity index (χ0n) is 18.9. The molecule has 0 saturated heterocycles. The van der Waals surface area contributed by atoms with Crippen molar-refractivity contribution in [1.82, 2.24) is 15.0 Å². The van der Waals surface area contributed by atoms with Crippen LogP contribution in [0.5, 0.6) is 0 Å². The molecule has 0 fully saturated rings. The first-order valence-corrected chi connectivity index (χ1v) is 10.4. The molecule has 6 nitrogen and oxygen atoms in total. The van der Waals surface area contributed by atoms with E-state index in [2.05, 4.69) is 55.1 Å². The fraction of sp³-hybridized carbons (Fsp3) is 0.375. The molecule has 6 heteroatoms. The molecule has 0 N–H and O–H groups in total. The fourth-order valence-electron chi connectivity index (χ4n) is 3.46. The SMILES string of the molecule is CCN(CC)c1ccc(C(c2ccc(N(C)C)cn2)c2ccc(N(C)C)cn2)nc1. The van der Waals surface area contributed by atoms with Crippen molar-refractivity contribution in [3.05, 3.63) is 72.1 Å². The molecule has 30 heavy (non-hydrogen) atoms. The van der Waals surface area contributed by atoms with E-state index in [-0.39, 0.29) is 5.92 Å². The first-order valence-electron chi connectivity index (χ1n) is 10.4. The summed E-state index contributed by atoms with van der Waals surface area (Å²) in [5.74, 6) is -0.122. The highest BCUT2D eigenvalue weighted by molar-refractivity contribution is 5.49. The Bertz CT molecular complexity index is 862. The van der Waals surface area contributed by atoms with Gasteiger partial charge >= 0.3 is 0 Å². The fourth-order valence-corrected chi connectivity index (χ4v) is 3.46. The molecule has 0 atom stereocenters. The molecular formula is C24H32N6. The van der Waals surface area contributed by atoms with Gasteiger partial charge in [0.1, 0.15) is 0 Å². The van der Waals surface area contributed by atoms with E-state index < -0.39 is 0 Å². The molecule has 3 heterocycles. The number of hydrogen-bond acceptors (Lipinski definition) is 6. The quantitative estimate of drug-likeness (QED) is 0.565. The van der Waals surface area contributed by atoms with E-state index in [1.165, 1.54) is 0 Å². The van der Waals surface area contributed by atoms with Crippen molar-refractivity contribution in [3.8, 4) is 0 Å². The summed E-state index contributed by atoms with van der Waals surface area (Å²) in [6.45, 7) is 6.24. The van der Waals surface area contributed by atoms with Gasteiger partial charge in [-0.15, -0.1) is 0 Å². The van der Waals surface area contributed by atoms with Gasteiger partial charge in [0.05, 0.1) is 58.7 Å². The predicted octanol–water partition coefficient (Wildman–Crippen LogP) is 4.03. The minimum absolute atomic E-state index is 0.122. The van der Waals surface area contributed by atoms with Crippen LogP contribution in [0.2, 0.25) is 0 Å². The summed E-state index contributed by atoms with van der Waals surface area (Å²) in [6.07, 6.45) is 5.76. The molecule has 0 saturated carbocycles. The lowest BCUT2D eigenvalue weighted by molar-refractivity contribution is 0.826. The number of pyridine rings is 3. The van der Waals surface area contributed by atoms with Crippen LogP contribution in [0.1, 0.15) is 36.8 Å². The Morgan fingerprint density at radius 3 is 1.23 bits per heavy atom. The summed E-state index contributed by atoms with van der Waals surface area (Å²) in [6, 6.07) is 12.6. The van der Waals surface area contributed by atoms with Crippen molar-refractivity contribution in [1.29, 1.82) is 0 Å². The number of nitrogens with zero attached hydrogens (tertiary/aromatic N) is 6. The summed E-state index contributed by atoms with van der Waals surface area (Å²) in [7, 11) is 8.07. The van der Waals surface area contributed by atoms with E-state index in [1.807, 2.05) is 56.6 Å². The molecule has 3 aromatic rings. The summed E-state index contributed by atoms with van der Waals surface area (Å²) < 4.78 is 0. The summed E-state index contributed by atoms with van der Waals surface area (Å²) in [5, 5.41) is 0. The highest BCUT2D eigenvalue weighted by atomic mass is 15.1. The average Bonchev–Trinajstić information content (AvgIpc) is 2.76. The van der Waals surface area contributed by atoms with Gasteiger partial charge in [-0.05, 0) is 50.2 Å². The molecule has 0 aromatic carbocycles. The van der Waals surface area contributed by atoms with Crippen LogP contribution in [0.15, 0.2) is 55.0 Å². The van der Waals surface area contributed by atoms with Gasteiger partial charge < -0.3 is 14.7 Å². The van der Waals surface area contributed by atoms with Gasteiger partial charge in [0.2, 0.25) is 0 Å². The molecule has 3 aromatic heterocycles. The first-order chi connectivity index (χ1) is 14.4. The highest BCUT2D eigenvalue weighted by Crippen LogP contribution is 2.30. The second kappa shape index (κ2) is 9.57. The summed E-state index contributed by atoms with van der Waals surface area (Å²) in [4.78, 5) is 20.7. The summed E-state index contributed by atoms with van der Waals surface area (Å²) >= 11 is 0. The number of anilines is 3. The molecular weight excluding hydrogens is 372 g/mol. The molecule has 0 spiro atoms. The monoisotopic (exact) mass is 404 g/mol. The van der Waals surface area contributed by atoms with Crippen LogP contribution in [-0.2, 0) is 0 Å². The summed E-state index contributed by atoms with van der Waals surface area (Å²) in [5.41, 5.74) is 6.09. The predicted molar refractivity (Wildman–Crippen MR) is 126 cm³/mol. The van der Waals surface area contributed by atoms with Crippen molar-refractivity contribution in [2.75, 3.05) is 56.0 Å². The lowest BCUT2D eigenvalue weighted by atomic mass is 9.95. The normalized spacial score (nSPS) is 10.9. The molecule has 0 bridgehead atoms. The molecule has 158 valence electrons. The minimum atomic E-state index is -0.122. The maximum atomic E-state index is 4.82. The Hall–Kier alpha value is -3.15. The van der Waals surface area contributed by atoms with Crippen molar-refractivity contribution < 1.29 is 0 Å². The smallest absolute Gasteiger partial charge is 0.0857 e. The Morgan fingerprint density at radius 2 is 0.967 bits per heavy atom. The van der Waals surface area contributed by atoms with E-state index in [1.54, 1.807) is 0 Å². The number of hydrogen-bond donors (Lipinski definition) is 0. The van der Waals surface area contributed by atoms with Gasteiger partial charge in [0.15, 0.2) is 0 Å². The standard InChI is InChI=1S/C24H32N6/c1-7-30(8-2)20-11-14-23(27-17-20)24(21-12-9-18(15-25-21)28(3)4)22-13-10-19(16-26-22)29(5)6/h9-17,24H,7-8H2,1-6H3. The van der Waals surface area contributed by atoms with E-state index in [4.69, 9.17) is 15.0 Å². The molecule has 0 aliphatic carbocycles. The van der Waals surface area contributed by atoms with Crippen LogP contribution >= 0.6 is 0 Å². The first kappa shape index (κ1) is 21.6. The topological polar surface area (TPSA) is 48.4 Å². The third-order valence-corrected chi connectivity index (χ3v) is 5.36. The van der Waals surface area contributed by atoms with Gasteiger partial charge in [-0.1, -0.05) is 0 Å². The van der Waals surface area contributed by atoms with Crippen LogP contribution in [0.4, 0.5) is 17.1 Å². The maximum absolute atomic E-state index is 4.82. The van der Waals surface area contributed by atoms with E-state index in [9.17, 15) is 0 Å². The molecule has 3 rings (SSSR count). The van der Waals surface area contributed by atoms with Crippen LogP contribution in [-0.4, -0.2) is 56.2 Å². The van der Waals surface area contributed by atoms with E-state index in [0.717, 1.165) is 47.2 Å². The van der Waals surface area contributed by atoms with Crippen LogP contribution in [0.25, 0.3) is 0 Å². The zero-order valence-corrected chi connectivity index (χ0v) is 18.9. The molecule has 0 radical (unpaired) electrons. The Labute approximate surface area is 180 Å². The number of rotatable bonds is 8. The lowest BCUT2D eigenvalue weighted by Gasteiger charge is -2.22. The van der Waals surface area contributed by atoms with Crippen molar-refractivity contribution >= 4 is 17.1 Å². The van der Waals surface area contributed by atoms with Crippen LogP contribution in [0.3, 0.4) is 0 Å². The third-order valence-electron chi connectivity index (χ3n) is 5.36. The highest BCUT2D eigenvalue weighted by Gasteiger charge is 2.21. The number of aromatic nitrogens is 3. The van der Waals surface area contributed by atoms with Crippen molar-refractivity contribution in [2.45, 2.75) is 19.8 Å². The van der Waals surface area contributed by atoms with Crippen LogP contribution < -0.4 is 14.7 Å². The third kappa shape index (κ3) is 4.70. The van der Waals surface area contributed by atoms with E-state index >= 15 is 0 Å². The zero-order chi connectivity index (χ0) is 21.7. The largest absolute Gasteiger partial charge is 0.376 e. The van der Waals surface area contributed by atoms with Crippen LogP contribution in [0, 0.1) is 0 Å². The van der Waals surface area contributed by atoms with E-state index in [0.29, 0.717) is 0 Å². The molecule has 0 aliphatic rings. The van der Waals surface area contributed by atoms with Gasteiger partial charge in [-0.2, -0.15) is 0 Å². The van der Waals surface area contributed by atoms with Crippen molar-refractivity contribution in [3.63, 3.8) is 0 Å². The Kier molecular flexibility index (Phi) is 6.87. The van der Waals surface area contributed by atoms with Gasteiger partial charge in [-0.25, -0.2) is 0 Å². The minimum Gasteiger partial charge on any atom is -0.376 e. The lowest BCUT2D eigenvalue weighted by Crippen LogP contribution is -2.22. The Morgan fingerprint density at radius 1 is 0.600 bits per heavy atom. The average molecular weight is 405 g/mol. The van der Waals surface area contributed by atoms with Gasteiger partial charge in [0, 0.05) is 41.3 Å². The molecule has 0 amide bonds. The second-order valence-corrected chi connectivity index (χ2v) is 7.72. The Balaban J connectivity index is 2.03. The van der Waals surface area contributed by atoms with Gasteiger partial charge in [0.25, 0.3) is 0 Å². The van der Waals surface area contributed by atoms with Crippen molar-refractivity contribution in [2.24, 2.45) is 0 Å².